The van der Waals surface area contributed by atoms with E-state index in [4.69, 9.17) is 9.47 Å². The predicted molar refractivity (Wildman–Crippen MR) is 162 cm³/mol. The second-order valence-electron chi connectivity index (χ2n) is 10.8. The van der Waals surface area contributed by atoms with Gasteiger partial charge in [-0.25, -0.2) is 4.79 Å². The molecule has 3 aromatic rings. The first kappa shape index (κ1) is 30.2. The first-order chi connectivity index (χ1) is 20.0. The molecule has 0 fully saturated rings. The summed E-state index contributed by atoms with van der Waals surface area (Å²) >= 11 is 0. The lowest BCUT2D eigenvalue weighted by atomic mass is 9.97. The minimum atomic E-state index is -0.529. The minimum absolute atomic E-state index is 0.117. The summed E-state index contributed by atoms with van der Waals surface area (Å²) in [6.07, 6.45) is 0.661. The summed E-state index contributed by atoms with van der Waals surface area (Å²) in [4.78, 5) is 52.2. The van der Waals surface area contributed by atoms with E-state index >= 15 is 0 Å². The number of benzene rings is 3. The van der Waals surface area contributed by atoms with Crippen LogP contribution in [0, 0.1) is 0 Å². The molecule has 0 atom stereocenters. The number of fused-ring (bicyclic) bond motifs is 1. The zero-order chi connectivity index (χ0) is 30.4. The summed E-state index contributed by atoms with van der Waals surface area (Å²) in [5, 5.41) is 5.94. The van der Waals surface area contributed by atoms with Gasteiger partial charge in [0.25, 0.3) is 5.91 Å². The fourth-order valence-electron chi connectivity index (χ4n) is 4.71. The highest BCUT2D eigenvalue weighted by Crippen LogP contribution is 2.40. The van der Waals surface area contributed by atoms with Crippen LogP contribution >= 0.6 is 0 Å². The highest BCUT2D eigenvalue weighted by Gasteiger charge is 2.33. The molecule has 0 aromatic heterocycles. The van der Waals surface area contributed by atoms with Crippen molar-refractivity contribution in [1.82, 2.24) is 5.32 Å². The topological polar surface area (TPSA) is 114 Å². The highest BCUT2D eigenvalue weighted by molar-refractivity contribution is 6.39. The van der Waals surface area contributed by atoms with Crippen LogP contribution < -0.4 is 15.5 Å². The van der Waals surface area contributed by atoms with Gasteiger partial charge in [-0.2, -0.15) is 0 Å². The number of nitrogens with zero attached hydrogens (tertiary/aromatic N) is 1. The molecule has 0 saturated carbocycles. The molecule has 1 aliphatic heterocycles. The SMILES string of the molecule is COC(=O)c1ccc2c(c1)NC(=O)/C2=C(/c1ccccc1)N(C(C)=O)c1ccc(CCNCC(=O)OC(C)(C)C)cc1. The van der Waals surface area contributed by atoms with E-state index in [9.17, 15) is 19.2 Å². The molecule has 3 aromatic carbocycles. The maximum Gasteiger partial charge on any atom is 0.337 e. The van der Waals surface area contributed by atoms with Gasteiger partial charge in [0.15, 0.2) is 0 Å². The van der Waals surface area contributed by atoms with E-state index in [2.05, 4.69) is 10.6 Å². The minimum Gasteiger partial charge on any atom is -0.465 e. The fraction of sp³-hybridized carbons (Fsp3) is 0.273. The van der Waals surface area contributed by atoms with Gasteiger partial charge in [0.1, 0.15) is 5.60 Å². The molecule has 1 aliphatic rings. The molecule has 0 saturated heterocycles. The molecule has 9 nitrogen and oxygen atoms in total. The molecule has 0 unspecified atom stereocenters. The Morgan fingerprint density at radius 3 is 2.24 bits per heavy atom. The summed E-state index contributed by atoms with van der Waals surface area (Å²) in [6.45, 7) is 7.62. The van der Waals surface area contributed by atoms with Crippen molar-refractivity contribution in [3.8, 4) is 0 Å². The Bertz CT molecular complexity index is 1520. The largest absolute Gasteiger partial charge is 0.465 e. The van der Waals surface area contributed by atoms with Gasteiger partial charge >= 0.3 is 11.9 Å². The summed E-state index contributed by atoms with van der Waals surface area (Å²) in [7, 11) is 1.30. The number of rotatable bonds is 9. The lowest BCUT2D eigenvalue weighted by molar-refractivity contribution is -0.153. The van der Waals surface area contributed by atoms with Crippen molar-refractivity contribution < 1.29 is 28.7 Å². The average Bonchev–Trinajstić information content (AvgIpc) is 3.27. The Labute approximate surface area is 245 Å². The molecule has 218 valence electrons. The Balaban J connectivity index is 1.65. The van der Waals surface area contributed by atoms with Crippen molar-refractivity contribution in [3.05, 3.63) is 95.1 Å². The molecule has 1 heterocycles. The van der Waals surface area contributed by atoms with Crippen LogP contribution in [0.15, 0.2) is 72.8 Å². The first-order valence-corrected chi connectivity index (χ1v) is 13.6. The first-order valence-electron chi connectivity index (χ1n) is 13.6. The molecular formula is C33H35N3O6. The third kappa shape index (κ3) is 7.11. The van der Waals surface area contributed by atoms with Crippen molar-refractivity contribution >= 4 is 46.4 Å². The number of hydrogen-bond donors (Lipinski definition) is 2. The van der Waals surface area contributed by atoms with Gasteiger partial charge in [0.2, 0.25) is 5.91 Å². The molecule has 0 spiro atoms. The van der Waals surface area contributed by atoms with Crippen molar-refractivity contribution in [2.24, 2.45) is 0 Å². The van der Waals surface area contributed by atoms with E-state index < -0.39 is 11.6 Å². The second-order valence-corrected chi connectivity index (χ2v) is 10.8. The van der Waals surface area contributed by atoms with Gasteiger partial charge in [0.05, 0.1) is 36.2 Å². The van der Waals surface area contributed by atoms with Gasteiger partial charge in [-0.1, -0.05) is 48.5 Å². The van der Waals surface area contributed by atoms with Crippen LogP contribution in [0.4, 0.5) is 11.4 Å². The van der Waals surface area contributed by atoms with Crippen molar-refractivity contribution in [3.63, 3.8) is 0 Å². The van der Waals surface area contributed by atoms with Crippen LogP contribution in [0.2, 0.25) is 0 Å². The van der Waals surface area contributed by atoms with Crippen LogP contribution in [0.25, 0.3) is 11.3 Å². The molecule has 2 N–H and O–H groups in total. The zero-order valence-corrected chi connectivity index (χ0v) is 24.4. The van der Waals surface area contributed by atoms with Gasteiger partial charge in [-0.05, 0) is 69.1 Å². The number of methoxy groups -OCH3 is 1. The Morgan fingerprint density at radius 2 is 1.62 bits per heavy atom. The van der Waals surface area contributed by atoms with Crippen LogP contribution in [0.3, 0.4) is 0 Å². The Kier molecular flexibility index (Phi) is 9.22. The molecule has 4 rings (SSSR count). The van der Waals surface area contributed by atoms with Gasteiger partial charge < -0.3 is 20.1 Å². The van der Waals surface area contributed by atoms with Crippen molar-refractivity contribution in [1.29, 1.82) is 0 Å². The van der Waals surface area contributed by atoms with E-state index in [1.807, 2.05) is 75.4 Å². The maximum atomic E-state index is 13.4. The number of nitrogens with one attached hydrogen (secondary N) is 2. The van der Waals surface area contributed by atoms with E-state index in [0.717, 1.165) is 5.56 Å². The smallest absolute Gasteiger partial charge is 0.337 e. The molecule has 0 radical (unpaired) electrons. The quantitative estimate of drug-likeness (QED) is 0.216. The Hall–Kier alpha value is -4.76. The number of carbonyl (C=O) groups excluding carboxylic acids is 4. The van der Waals surface area contributed by atoms with Crippen LogP contribution in [0.1, 0.15) is 54.7 Å². The third-order valence-corrected chi connectivity index (χ3v) is 6.48. The van der Waals surface area contributed by atoms with E-state index in [1.54, 1.807) is 18.2 Å². The van der Waals surface area contributed by atoms with Gasteiger partial charge in [-0.3, -0.25) is 19.3 Å². The lowest BCUT2D eigenvalue weighted by Crippen LogP contribution is -2.32. The molecule has 42 heavy (non-hydrogen) atoms. The zero-order valence-electron chi connectivity index (χ0n) is 24.4. The second kappa shape index (κ2) is 12.8. The van der Waals surface area contributed by atoms with Crippen LogP contribution in [0.5, 0.6) is 0 Å². The molecule has 0 aliphatic carbocycles. The maximum absolute atomic E-state index is 13.4. The van der Waals surface area contributed by atoms with Crippen LogP contribution in [-0.2, 0) is 30.3 Å². The average molecular weight is 570 g/mol. The normalized spacial score (nSPS) is 13.6. The van der Waals surface area contributed by atoms with Crippen molar-refractivity contribution in [2.45, 2.75) is 39.7 Å². The van der Waals surface area contributed by atoms with E-state index in [-0.39, 0.29) is 24.3 Å². The summed E-state index contributed by atoms with van der Waals surface area (Å²) < 4.78 is 10.1. The molecule has 2 amide bonds. The molecule has 9 heteroatoms. The third-order valence-electron chi connectivity index (χ3n) is 6.48. The number of anilines is 2. The summed E-state index contributed by atoms with van der Waals surface area (Å²) in [6, 6.07) is 21.6. The summed E-state index contributed by atoms with van der Waals surface area (Å²) in [5.41, 5.74) is 3.83. The standard InChI is InChI=1S/C33H35N3O6/c1-21(37)36(25-14-11-22(12-15-25)17-18-34-20-28(38)42-33(2,3)4)30(23-9-7-6-8-10-23)29-26-16-13-24(32(40)41-5)19-27(26)35-31(29)39/h6-16,19,34H,17-18,20H2,1-5H3,(H,35,39)/b30-29-. The molecule has 0 bridgehead atoms. The summed E-state index contributed by atoms with van der Waals surface area (Å²) in [5.74, 6) is -1.49. The van der Waals surface area contributed by atoms with Gasteiger partial charge in [-0.15, -0.1) is 0 Å². The monoisotopic (exact) mass is 569 g/mol. The number of carbonyl (C=O) groups is 4. The highest BCUT2D eigenvalue weighted by atomic mass is 16.6. The van der Waals surface area contributed by atoms with Gasteiger partial charge in [0, 0.05) is 18.2 Å². The van der Waals surface area contributed by atoms with E-state index in [0.29, 0.717) is 52.3 Å². The predicted octanol–water partition coefficient (Wildman–Crippen LogP) is 4.82. The van der Waals surface area contributed by atoms with Crippen molar-refractivity contribution in [2.75, 3.05) is 30.4 Å². The lowest BCUT2D eigenvalue weighted by Gasteiger charge is -2.26. The Morgan fingerprint density at radius 1 is 0.929 bits per heavy atom. The number of esters is 2. The number of hydrogen-bond acceptors (Lipinski definition) is 7. The molecular weight excluding hydrogens is 534 g/mol. The fourth-order valence-corrected chi connectivity index (χ4v) is 4.71. The van der Waals surface area contributed by atoms with E-state index in [1.165, 1.54) is 18.9 Å². The number of ether oxygens (including phenoxy) is 2. The van der Waals surface area contributed by atoms with Crippen LogP contribution in [-0.4, -0.2) is 49.6 Å². The number of amides is 2.